The number of thiazole rings is 1. The van der Waals surface area contributed by atoms with Crippen molar-refractivity contribution in [2.75, 3.05) is 14.1 Å². The van der Waals surface area contributed by atoms with E-state index in [0.29, 0.717) is 13.2 Å². The number of hydrogen-bond acceptors (Lipinski definition) is 5. The molecule has 122 valence electrons. The van der Waals surface area contributed by atoms with Crippen LogP contribution in [0.5, 0.6) is 5.75 Å². The van der Waals surface area contributed by atoms with Crippen LogP contribution >= 0.6 is 11.3 Å². The van der Waals surface area contributed by atoms with E-state index in [-0.39, 0.29) is 11.4 Å². The van der Waals surface area contributed by atoms with E-state index in [9.17, 15) is 4.79 Å². The molecular weight excluding hydrogens is 310 g/mol. The largest absolute Gasteiger partial charge is 0.487 e. The maximum absolute atomic E-state index is 12.1. The number of aromatic nitrogens is 1. The Morgan fingerprint density at radius 1 is 1.35 bits per heavy atom. The van der Waals surface area contributed by atoms with Gasteiger partial charge in [-0.1, -0.05) is 12.1 Å². The van der Waals surface area contributed by atoms with Crippen molar-refractivity contribution in [1.29, 1.82) is 0 Å². The summed E-state index contributed by atoms with van der Waals surface area (Å²) in [5, 5.41) is 5.38. The molecule has 1 aliphatic rings. The minimum atomic E-state index is -0.344. The Morgan fingerprint density at radius 3 is 2.65 bits per heavy atom. The van der Waals surface area contributed by atoms with Crippen molar-refractivity contribution in [3.05, 3.63) is 46.4 Å². The molecular formula is C17H21N3O2S. The lowest BCUT2D eigenvalue weighted by Crippen LogP contribution is -2.45. The summed E-state index contributed by atoms with van der Waals surface area (Å²) in [7, 11) is 3.61. The quantitative estimate of drug-likeness (QED) is 0.847. The highest BCUT2D eigenvalue weighted by Crippen LogP contribution is 2.37. The number of likely N-dealkylation sites (N-methyl/N-ethyl adjacent to an activating group) is 1. The third-order valence-corrected chi connectivity index (χ3v) is 4.63. The minimum Gasteiger partial charge on any atom is -0.487 e. The molecule has 1 saturated carbocycles. The Balaban J connectivity index is 1.51. The summed E-state index contributed by atoms with van der Waals surface area (Å²) in [4.78, 5) is 18.0. The molecule has 6 heteroatoms. The summed E-state index contributed by atoms with van der Waals surface area (Å²) >= 11 is 1.57. The molecule has 2 aromatic rings. The zero-order chi connectivity index (χ0) is 16.3. The van der Waals surface area contributed by atoms with Crippen molar-refractivity contribution in [2.45, 2.75) is 31.5 Å². The Bertz CT molecular complexity index is 649. The van der Waals surface area contributed by atoms with Crippen LogP contribution in [0.1, 0.15) is 24.1 Å². The zero-order valence-electron chi connectivity index (χ0n) is 13.4. The van der Waals surface area contributed by atoms with E-state index in [2.05, 4.69) is 10.3 Å². The van der Waals surface area contributed by atoms with E-state index >= 15 is 0 Å². The summed E-state index contributed by atoms with van der Waals surface area (Å²) in [5.41, 5.74) is 3.54. The van der Waals surface area contributed by atoms with Gasteiger partial charge in [0, 0.05) is 26.0 Å². The second kappa shape index (κ2) is 6.68. The van der Waals surface area contributed by atoms with Crippen molar-refractivity contribution >= 4 is 17.2 Å². The van der Waals surface area contributed by atoms with Gasteiger partial charge in [-0.05, 0) is 30.5 Å². The first-order valence-corrected chi connectivity index (χ1v) is 8.59. The fraction of sp³-hybridized carbons (Fsp3) is 0.412. The van der Waals surface area contributed by atoms with Gasteiger partial charge in [-0.2, -0.15) is 0 Å². The SMILES string of the molecule is CN(C)C(=O)C1(NCc2ccc(OCc3cscn3)cc2)CC1. The predicted octanol–water partition coefficient (Wildman–Crippen LogP) is 2.43. The van der Waals surface area contributed by atoms with Crippen LogP contribution in [0.3, 0.4) is 0 Å². The average molecular weight is 331 g/mol. The van der Waals surface area contributed by atoms with Crippen LogP contribution in [-0.2, 0) is 17.9 Å². The highest BCUT2D eigenvalue weighted by molar-refractivity contribution is 7.07. The topological polar surface area (TPSA) is 54.5 Å². The molecule has 3 rings (SSSR count). The minimum absolute atomic E-state index is 0.167. The summed E-state index contributed by atoms with van der Waals surface area (Å²) < 4.78 is 5.70. The number of amides is 1. The van der Waals surface area contributed by atoms with Gasteiger partial charge in [-0.3, -0.25) is 10.1 Å². The van der Waals surface area contributed by atoms with Gasteiger partial charge in [-0.15, -0.1) is 11.3 Å². The number of hydrogen-bond donors (Lipinski definition) is 1. The Labute approximate surface area is 140 Å². The summed E-state index contributed by atoms with van der Waals surface area (Å²) in [6.07, 6.45) is 1.83. The molecule has 5 nitrogen and oxygen atoms in total. The summed E-state index contributed by atoms with van der Waals surface area (Å²) in [5.74, 6) is 0.993. The van der Waals surface area contributed by atoms with Gasteiger partial charge >= 0.3 is 0 Å². The number of rotatable bonds is 7. The highest BCUT2D eigenvalue weighted by Gasteiger charge is 2.50. The second-order valence-electron chi connectivity index (χ2n) is 6.05. The lowest BCUT2D eigenvalue weighted by atomic mass is 10.1. The van der Waals surface area contributed by atoms with E-state index < -0.39 is 0 Å². The Hall–Kier alpha value is -1.92. The van der Waals surface area contributed by atoms with Gasteiger partial charge in [-0.25, -0.2) is 4.98 Å². The van der Waals surface area contributed by atoms with Crippen molar-refractivity contribution < 1.29 is 9.53 Å². The molecule has 1 fully saturated rings. The second-order valence-corrected chi connectivity index (χ2v) is 6.77. The van der Waals surface area contributed by atoms with Gasteiger partial charge in [0.2, 0.25) is 5.91 Å². The van der Waals surface area contributed by atoms with Gasteiger partial charge in [0.05, 0.1) is 16.7 Å². The third-order valence-electron chi connectivity index (χ3n) is 3.99. The first-order valence-electron chi connectivity index (χ1n) is 7.65. The monoisotopic (exact) mass is 331 g/mol. The number of carbonyl (C=O) groups excluding carboxylic acids is 1. The lowest BCUT2D eigenvalue weighted by molar-refractivity contribution is -0.132. The standard InChI is InChI=1S/C17H21N3O2S/c1-20(2)16(21)17(7-8-17)19-9-13-3-5-15(6-4-13)22-10-14-11-23-12-18-14/h3-6,11-12,19H,7-10H2,1-2H3. The molecule has 0 bridgehead atoms. The molecule has 1 N–H and O–H groups in total. The van der Waals surface area contributed by atoms with Crippen molar-refractivity contribution in [2.24, 2.45) is 0 Å². The Kier molecular flexibility index (Phi) is 4.63. The normalized spacial score (nSPS) is 15.2. The third kappa shape index (κ3) is 3.89. The van der Waals surface area contributed by atoms with Crippen LogP contribution in [0.15, 0.2) is 35.2 Å². The average Bonchev–Trinajstić information content (AvgIpc) is 3.17. The van der Waals surface area contributed by atoms with Gasteiger partial charge in [0.1, 0.15) is 12.4 Å². The summed E-state index contributed by atoms with van der Waals surface area (Å²) in [6.45, 7) is 1.17. The van der Waals surface area contributed by atoms with Crippen LogP contribution in [-0.4, -0.2) is 35.4 Å². The maximum atomic E-state index is 12.1. The first-order chi connectivity index (χ1) is 11.1. The van der Waals surface area contributed by atoms with Crippen LogP contribution in [0, 0.1) is 0 Å². The molecule has 0 saturated heterocycles. The molecule has 1 heterocycles. The van der Waals surface area contributed by atoms with E-state index in [1.807, 2.05) is 29.6 Å². The molecule has 0 unspecified atom stereocenters. The molecule has 1 aromatic heterocycles. The molecule has 0 spiro atoms. The van der Waals surface area contributed by atoms with Crippen LogP contribution < -0.4 is 10.1 Å². The smallest absolute Gasteiger partial charge is 0.242 e. The summed E-state index contributed by atoms with van der Waals surface area (Å²) in [6, 6.07) is 7.96. The zero-order valence-corrected chi connectivity index (χ0v) is 14.2. The number of carbonyl (C=O) groups is 1. The Morgan fingerprint density at radius 2 is 2.09 bits per heavy atom. The van der Waals surface area contributed by atoms with Gasteiger partial charge in [0.15, 0.2) is 0 Å². The van der Waals surface area contributed by atoms with Gasteiger partial charge in [0.25, 0.3) is 0 Å². The molecule has 1 aromatic carbocycles. The van der Waals surface area contributed by atoms with E-state index in [1.165, 1.54) is 0 Å². The van der Waals surface area contributed by atoms with Crippen LogP contribution in [0.2, 0.25) is 0 Å². The van der Waals surface area contributed by atoms with Crippen LogP contribution in [0.25, 0.3) is 0 Å². The number of nitrogens with zero attached hydrogens (tertiary/aromatic N) is 2. The molecule has 23 heavy (non-hydrogen) atoms. The van der Waals surface area contributed by atoms with Crippen molar-refractivity contribution in [3.8, 4) is 5.75 Å². The van der Waals surface area contributed by atoms with Crippen molar-refractivity contribution in [1.82, 2.24) is 15.2 Å². The molecule has 0 atom stereocenters. The van der Waals surface area contributed by atoms with E-state index in [0.717, 1.165) is 29.8 Å². The fourth-order valence-electron chi connectivity index (χ4n) is 2.46. The number of benzene rings is 1. The number of ether oxygens (including phenoxy) is 1. The van der Waals surface area contributed by atoms with Crippen molar-refractivity contribution in [3.63, 3.8) is 0 Å². The maximum Gasteiger partial charge on any atom is 0.242 e. The van der Waals surface area contributed by atoms with Crippen LogP contribution in [0.4, 0.5) is 0 Å². The predicted molar refractivity (Wildman–Crippen MR) is 90.4 cm³/mol. The highest BCUT2D eigenvalue weighted by atomic mass is 32.1. The van der Waals surface area contributed by atoms with E-state index in [1.54, 1.807) is 35.8 Å². The number of nitrogens with one attached hydrogen (secondary N) is 1. The lowest BCUT2D eigenvalue weighted by Gasteiger charge is -2.21. The molecule has 1 aliphatic carbocycles. The molecule has 0 aliphatic heterocycles. The first kappa shape index (κ1) is 16.0. The van der Waals surface area contributed by atoms with E-state index in [4.69, 9.17) is 4.74 Å². The molecule has 0 radical (unpaired) electrons. The van der Waals surface area contributed by atoms with Gasteiger partial charge < -0.3 is 9.64 Å². The fourth-order valence-corrected chi connectivity index (χ4v) is 3.00. The molecule has 1 amide bonds.